The van der Waals surface area contributed by atoms with Crippen molar-refractivity contribution in [3.63, 3.8) is 0 Å². The van der Waals surface area contributed by atoms with E-state index >= 15 is 0 Å². The van der Waals surface area contributed by atoms with Gasteiger partial charge in [-0.05, 0) is 25.7 Å². The van der Waals surface area contributed by atoms with Gasteiger partial charge in [0, 0.05) is 33.4 Å². The second kappa shape index (κ2) is 7.56. The van der Waals surface area contributed by atoms with Crippen molar-refractivity contribution in [2.45, 2.75) is 44.8 Å². The highest BCUT2D eigenvalue weighted by Gasteiger charge is 2.36. The normalized spacial score (nSPS) is 16.3. The second-order valence-electron chi connectivity index (χ2n) is 5.51. The van der Waals surface area contributed by atoms with Crippen LogP contribution in [0.3, 0.4) is 0 Å². The number of aromatic nitrogens is 2. The smallest absolute Gasteiger partial charge is 0.158 e. The van der Waals surface area contributed by atoms with Gasteiger partial charge < -0.3 is 20.1 Å². The Morgan fingerprint density at radius 2 is 1.90 bits per heavy atom. The lowest BCUT2D eigenvalue weighted by atomic mass is 9.80. The molecule has 1 aliphatic rings. The molecule has 0 spiro atoms. The van der Waals surface area contributed by atoms with Gasteiger partial charge in [0.2, 0.25) is 0 Å². The number of ether oxygens (including phenoxy) is 2. The molecule has 0 bridgehead atoms. The average Bonchev–Trinajstić information content (AvgIpc) is 2.45. The SMILES string of the molecule is CCCNc1cc(NCC2(OC)CCC2)nc(COC)n1. The predicted molar refractivity (Wildman–Crippen MR) is 83.6 cm³/mol. The van der Waals surface area contributed by atoms with Crippen molar-refractivity contribution < 1.29 is 9.47 Å². The number of methoxy groups -OCH3 is 2. The van der Waals surface area contributed by atoms with Gasteiger partial charge in [0.15, 0.2) is 5.82 Å². The molecule has 6 nitrogen and oxygen atoms in total. The van der Waals surface area contributed by atoms with Gasteiger partial charge in [0.05, 0.1) is 5.60 Å². The molecule has 1 aromatic heterocycles. The summed E-state index contributed by atoms with van der Waals surface area (Å²) in [4.78, 5) is 8.93. The van der Waals surface area contributed by atoms with Gasteiger partial charge in [-0.1, -0.05) is 6.92 Å². The minimum absolute atomic E-state index is 0.0244. The number of hydrogen-bond acceptors (Lipinski definition) is 6. The zero-order chi connectivity index (χ0) is 15.1. The van der Waals surface area contributed by atoms with Crippen molar-refractivity contribution in [2.75, 3.05) is 37.9 Å². The summed E-state index contributed by atoms with van der Waals surface area (Å²) in [6.45, 7) is 4.21. The Labute approximate surface area is 126 Å². The third-order valence-corrected chi connectivity index (χ3v) is 3.89. The van der Waals surface area contributed by atoms with Crippen LogP contribution in [0.4, 0.5) is 11.6 Å². The minimum Gasteiger partial charge on any atom is -0.377 e. The van der Waals surface area contributed by atoms with E-state index in [1.165, 1.54) is 6.42 Å². The van der Waals surface area contributed by atoms with E-state index in [9.17, 15) is 0 Å². The number of anilines is 2. The van der Waals surface area contributed by atoms with Crippen LogP contribution in [-0.4, -0.2) is 42.9 Å². The van der Waals surface area contributed by atoms with Crippen LogP contribution >= 0.6 is 0 Å². The largest absolute Gasteiger partial charge is 0.377 e. The Bertz CT molecular complexity index is 444. The van der Waals surface area contributed by atoms with E-state index < -0.39 is 0 Å². The van der Waals surface area contributed by atoms with E-state index in [1.54, 1.807) is 14.2 Å². The van der Waals surface area contributed by atoms with E-state index in [0.29, 0.717) is 12.4 Å². The zero-order valence-electron chi connectivity index (χ0n) is 13.2. The minimum atomic E-state index is -0.0244. The Balaban J connectivity index is 2.03. The molecule has 0 atom stereocenters. The van der Waals surface area contributed by atoms with Crippen molar-refractivity contribution in [3.05, 3.63) is 11.9 Å². The van der Waals surface area contributed by atoms with E-state index in [4.69, 9.17) is 9.47 Å². The van der Waals surface area contributed by atoms with Crippen LogP contribution in [0.1, 0.15) is 38.4 Å². The van der Waals surface area contributed by atoms with Crippen molar-refractivity contribution >= 4 is 11.6 Å². The number of rotatable bonds is 9. The first-order valence-electron chi connectivity index (χ1n) is 7.61. The summed E-state index contributed by atoms with van der Waals surface area (Å²) in [5, 5.41) is 6.68. The molecule has 6 heteroatoms. The van der Waals surface area contributed by atoms with Crippen molar-refractivity contribution in [2.24, 2.45) is 0 Å². The van der Waals surface area contributed by atoms with Gasteiger partial charge in [0.25, 0.3) is 0 Å². The second-order valence-corrected chi connectivity index (χ2v) is 5.51. The standard InChI is InChI=1S/C15H26N4O2/c1-4-8-16-12-9-13(19-14(18-12)10-20-2)17-11-15(21-3)6-5-7-15/h9H,4-8,10-11H2,1-3H3,(H2,16,17,18,19). The highest BCUT2D eigenvalue weighted by Crippen LogP contribution is 2.35. The molecule has 1 aliphatic carbocycles. The molecule has 0 unspecified atom stereocenters. The van der Waals surface area contributed by atoms with Gasteiger partial charge in [-0.2, -0.15) is 0 Å². The van der Waals surface area contributed by atoms with Crippen LogP contribution in [-0.2, 0) is 16.1 Å². The highest BCUT2D eigenvalue weighted by atomic mass is 16.5. The Morgan fingerprint density at radius 3 is 2.43 bits per heavy atom. The van der Waals surface area contributed by atoms with Crippen molar-refractivity contribution in [1.82, 2.24) is 9.97 Å². The zero-order valence-corrected chi connectivity index (χ0v) is 13.2. The molecule has 21 heavy (non-hydrogen) atoms. The highest BCUT2D eigenvalue weighted by molar-refractivity contribution is 5.47. The summed E-state index contributed by atoms with van der Waals surface area (Å²) in [5.74, 6) is 2.33. The maximum atomic E-state index is 5.62. The molecular weight excluding hydrogens is 268 g/mol. The Kier molecular flexibility index (Phi) is 5.76. The van der Waals surface area contributed by atoms with Crippen LogP contribution in [0.25, 0.3) is 0 Å². The monoisotopic (exact) mass is 294 g/mol. The van der Waals surface area contributed by atoms with Gasteiger partial charge in [0.1, 0.15) is 18.2 Å². The molecule has 0 aromatic carbocycles. The molecule has 0 amide bonds. The summed E-state index contributed by atoms with van der Waals surface area (Å²) in [6, 6.07) is 1.94. The third kappa shape index (κ3) is 4.28. The van der Waals surface area contributed by atoms with Crippen LogP contribution < -0.4 is 10.6 Å². The lowest BCUT2D eigenvalue weighted by molar-refractivity contribution is -0.0601. The van der Waals surface area contributed by atoms with Crippen LogP contribution in [0, 0.1) is 0 Å². The van der Waals surface area contributed by atoms with E-state index in [0.717, 1.165) is 44.0 Å². The maximum Gasteiger partial charge on any atom is 0.158 e. The third-order valence-electron chi connectivity index (χ3n) is 3.89. The maximum absolute atomic E-state index is 5.62. The average molecular weight is 294 g/mol. The first kappa shape index (κ1) is 16.0. The molecule has 1 heterocycles. The van der Waals surface area contributed by atoms with Crippen LogP contribution in [0.5, 0.6) is 0 Å². The molecule has 1 saturated carbocycles. The van der Waals surface area contributed by atoms with Gasteiger partial charge >= 0.3 is 0 Å². The molecule has 0 saturated heterocycles. The molecule has 0 radical (unpaired) electrons. The Hall–Kier alpha value is -1.40. The van der Waals surface area contributed by atoms with Crippen LogP contribution in [0.2, 0.25) is 0 Å². The van der Waals surface area contributed by atoms with Crippen molar-refractivity contribution in [3.8, 4) is 0 Å². The summed E-state index contributed by atoms with van der Waals surface area (Å²) in [6.07, 6.45) is 4.50. The van der Waals surface area contributed by atoms with Crippen LogP contribution in [0.15, 0.2) is 6.07 Å². The fraction of sp³-hybridized carbons (Fsp3) is 0.733. The Morgan fingerprint density at radius 1 is 1.19 bits per heavy atom. The predicted octanol–water partition coefficient (Wildman–Crippen LogP) is 2.43. The first-order chi connectivity index (χ1) is 10.2. The number of nitrogens with zero attached hydrogens (tertiary/aromatic N) is 2. The quantitative estimate of drug-likeness (QED) is 0.729. The van der Waals surface area contributed by atoms with E-state index in [2.05, 4.69) is 27.5 Å². The number of nitrogens with one attached hydrogen (secondary N) is 2. The first-order valence-corrected chi connectivity index (χ1v) is 7.61. The molecular formula is C15H26N4O2. The van der Waals surface area contributed by atoms with E-state index in [1.807, 2.05) is 6.07 Å². The molecule has 0 aliphatic heterocycles. The summed E-state index contributed by atoms with van der Waals surface area (Å²) < 4.78 is 10.8. The molecule has 118 valence electrons. The summed E-state index contributed by atoms with van der Waals surface area (Å²) in [7, 11) is 3.43. The van der Waals surface area contributed by atoms with Gasteiger partial charge in [-0.15, -0.1) is 0 Å². The summed E-state index contributed by atoms with van der Waals surface area (Å²) >= 11 is 0. The molecule has 2 rings (SSSR count). The fourth-order valence-corrected chi connectivity index (χ4v) is 2.40. The van der Waals surface area contributed by atoms with Gasteiger partial charge in [-0.25, -0.2) is 9.97 Å². The topological polar surface area (TPSA) is 68.3 Å². The lowest BCUT2D eigenvalue weighted by Gasteiger charge is -2.40. The van der Waals surface area contributed by atoms with Gasteiger partial charge in [-0.3, -0.25) is 0 Å². The summed E-state index contributed by atoms with van der Waals surface area (Å²) in [5.41, 5.74) is -0.0244. The fourth-order valence-electron chi connectivity index (χ4n) is 2.40. The molecule has 2 N–H and O–H groups in total. The van der Waals surface area contributed by atoms with Crippen molar-refractivity contribution in [1.29, 1.82) is 0 Å². The molecule has 1 aromatic rings. The lowest BCUT2D eigenvalue weighted by Crippen LogP contribution is -2.45. The molecule has 1 fully saturated rings. The number of hydrogen-bond donors (Lipinski definition) is 2. The van der Waals surface area contributed by atoms with E-state index in [-0.39, 0.29) is 5.60 Å².